The van der Waals surface area contributed by atoms with Gasteiger partial charge in [-0.25, -0.2) is 0 Å². The molecule has 0 bridgehead atoms. The van der Waals surface area contributed by atoms with E-state index in [0.717, 1.165) is 11.1 Å². The van der Waals surface area contributed by atoms with E-state index in [-0.39, 0.29) is 17.1 Å². The van der Waals surface area contributed by atoms with Gasteiger partial charge in [-0.15, -0.1) is 0 Å². The zero-order valence-corrected chi connectivity index (χ0v) is 13.9. The Morgan fingerprint density at radius 2 is 1.79 bits per heavy atom. The van der Waals surface area contributed by atoms with Gasteiger partial charge in [0.1, 0.15) is 5.58 Å². The van der Waals surface area contributed by atoms with Gasteiger partial charge in [-0.1, -0.05) is 35.4 Å². The summed E-state index contributed by atoms with van der Waals surface area (Å²) >= 11 is 5.95. The third-order valence-corrected chi connectivity index (χ3v) is 4.69. The van der Waals surface area contributed by atoms with Crippen molar-refractivity contribution in [1.82, 2.24) is 4.90 Å². The number of aryl methyl sites for hydroxylation is 1. The number of fused-ring (bicyclic) bond motifs is 2. The van der Waals surface area contributed by atoms with Gasteiger partial charge < -0.3 is 9.32 Å². The van der Waals surface area contributed by atoms with E-state index in [2.05, 4.69) is 0 Å². The number of amides is 1. The van der Waals surface area contributed by atoms with Crippen LogP contribution in [0.25, 0.3) is 11.0 Å². The third-order valence-electron chi connectivity index (χ3n) is 4.44. The van der Waals surface area contributed by atoms with Gasteiger partial charge in [0.25, 0.3) is 5.91 Å². The van der Waals surface area contributed by atoms with Crippen LogP contribution in [0.1, 0.15) is 33.3 Å². The van der Waals surface area contributed by atoms with Gasteiger partial charge in [0.15, 0.2) is 5.43 Å². The highest BCUT2D eigenvalue weighted by molar-refractivity contribution is 6.30. The van der Waals surface area contributed by atoms with Gasteiger partial charge in [0, 0.05) is 12.1 Å². The van der Waals surface area contributed by atoms with Crippen LogP contribution in [0.4, 0.5) is 0 Å². The Hall–Kier alpha value is -2.59. The van der Waals surface area contributed by atoms with E-state index in [1.165, 1.54) is 4.90 Å². The molecule has 4 rings (SSSR count). The fourth-order valence-corrected chi connectivity index (χ4v) is 3.36. The fourth-order valence-electron chi connectivity index (χ4n) is 3.24. The summed E-state index contributed by atoms with van der Waals surface area (Å²) < 4.78 is 5.78. The van der Waals surface area contributed by atoms with Crippen molar-refractivity contribution in [2.45, 2.75) is 13.0 Å². The lowest BCUT2D eigenvalue weighted by molar-refractivity contribution is 0.0771. The number of benzene rings is 2. The molecule has 0 spiro atoms. The van der Waals surface area contributed by atoms with Crippen LogP contribution in [0, 0.1) is 6.92 Å². The smallest absolute Gasteiger partial charge is 0.290 e. The second kappa shape index (κ2) is 5.21. The van der Waals surface area contributed by atoms with Crippen molar-refractivity contribution in [1.29, 1.82) is 0 Å². The summed E-state index contributed by atoms with van der Waals surface area (Å²) in [4.78, 5) is 27.2. The Labute approximate surface area is 143 Å². The first-order valence-corrected chi connectivity index (χ1v) is 7.95. The van der Waals surface area contributed by atoms with Crippen LogP contribution < -0.4 is 5.43 Å². The lowest BCUT2D eigenvalue weighted by Crippen LogP contribution is -2.25. The number of carbonyl (C=O) groups excluding carboxylic acids is 1. The molecule has 1 amide bonds. The van der Waals surface area contributed by atoms with Crippen LogP contribution in [0.3, 0.4) is 0 Å². The van der Waals surface area contributed by atoms with Crippen molar-refractivity contribution in [3.05, 3.63) is 80.2 Å². The Balaban J connectivity index is 2.03. The van der Waals surface area contributed by atoms with E-state index in [4.69, 9.17) is 16.0 Å². The van der Waals surface area contributed by atoms with Crippen LogP contribution in [0.15, 0.2) is 51.7 Å². The van der Waals surface area contributed by atoms with E-state index in [1.807, 2.05) is 25.1 Å². The molecule has 1 unspecified atom stereocenters. The molecule has 2 aromatic carbocycles. The largest absolute Gasteiger partial charge is 0.450 e. The molecule has 0 radical (unpaired) electrons. The molecule has 2 heterocycles. The summed E-state index contributed by atoms with van der Waals surface area (Å²) in [5.74, 6) is -0.164. The Morgan fingerprint density at radius 1 is 1.08 bits per heavy atom. The van der Waals surface area contributed by atoms with Crippen molar-refractivity contribution in [2.24, 2.45) is 0 Å². The Morgan fingerprint density at radius 3 is 2.50 bits per heavy atom. The van der Waals surface area contributed by atoms with Crippen molar-refractivity contribution in [3.63, 3.8) is 0 Å². The molecule has 0 aliphatic carbocycles. The number of halogens is 1. The molecule has 1 aromatic heterocycles. The van der Waals surface area contributed by atoms with Crippen LogP contribution in [-0.2, 0) is 0 Å². The van der Waals surface area contributed by atoms with Crippen LogP contribution in [-0.4, -0.2) is 17.9 Å². The van der Waals surface area contributed by atoms with Gasteiger partial charge in [0.05, 0.1) is 17.0 Å². The fraction of sp³-hybridized carbons (Fsp3) is 0.158. The first kappa shape index (κ1) is 15.0. The molecular weight excluding hydrogens is 326 g/mol. The molecule has 0 fully saturated rings. The van der Waals surface area contributed by atoms with Crippen molar-refractivity contribution >= 4 is 28.5 Å². The van der Waals surface area contributed by atoms with E-state index in [9.17, 15) is 9.59 Å². The summed E-state index contributed by atoms with van der Waals surface area (Å²) in [5, 5.41) is 1.10. The molecule has 4 nitrogen and oxygen atoms in total. The number of nitrogens with zero attached hydrogens (tertiary/aromatic N) is 1. The predicted octanol–water partition coefficient (Wildman–Crippen LogP) is 3.93. The van der Waals surface area contributed by atoms with Crippen LogP contribution >= 0.6 is 11.6 Å². The standard InChI is InChI=1S/C19H14ClNO3/c1-10-3-8-14-13(9-10)17(22)15-16(11-4-6-12(20)7-5-11)21(2)19(23)18(15)24-14/h3-9,16H,1-2H3. The molecule has 1 atom stereocenters. The molecule has 1 aliphatic heterocycles. The van der Waals surface area contributed by atoms with Crippen LogP contribution in [0.2, 0.25) is 5.02 Å². The first-order valence-electron chi connectivity index (χ1n) is 7.57. The van der Waals surface area contributed by atoms with Crippen molar-refractivity contribution < 1.29 is 9.21 Å². The maximum absolute atomic E-state index is 13.0. The third kappa shape index (κ3) is 2.07. The molecular formula is C19H14ClNO3. The molecule has 120 valence electrons. The van der Waals surface area contributed by atoms with Gasteiger partial charge in [-0.3, -0.25) is 9.59 Å². The number of hydrogen-bond donors (Lipinski definition) is 0. The highest BCUT2D eigenvalue weighted by Crippen LogP contribution is 2.37. The number of hydrogen-bond acceptors (Lipinski definition) is 3. The molecule has 0 saturated carbocycles. The van der Waals surface area contributed by atoms with Crippen LogP contribution in [0.5, 0.6) is 0 Å². The minimum absolute atomic E-state index is 0.124. The summed E-state index contributed by atoms with van der Waals surface area (Å²) in [6.07, 6.45) is 0. The predicted molar refractivity (Wildman–Crippen MR) is 92.6 cm³/mol. The molecule has 24 heavy (non-hydrogen) atoms. The molecule has 0 N–H and O–H groups in total. The lowest BCUT2D eigenvalue weighted by Gasteiger charge is -2.20. The second-order valence-corrected chi connectivity index (χ2v) is 6.48. The van der Waals surface area contributed by atoms with Crippen molar-refractivity contribution in [2.75, 3.05) is 7.05 Å². The molecule has 1 aliphatic rings. The monoisotopic (exact) mass is 339 g/mol. The molecule has 0 saturated heterocycles. The maximum atomic E-state index is 13.0. The van der Waals surface area contributed by atoms with Crippen molar-refractivity contribution in [3.8, 4) is 0 Å². The molecule has 3 aromatic rings. The van der Waals surface area contributed by atoms with E-state index < -0.39 is 6.04 Å². The second-order valence-electron chi connectivity index (χ2n) is 6.04. The SMILES string of the molecule is Cc1ccc2oc3c(c(=O)c2c1)C(c1ccc(Cl)cc1)N(C)C3=O. The van der Waals surface area contributed by atoms with E-state index in [0.29, 0.717) is 21.6 Å². The maximum Gasteiger partial charge on any atom is 0.290 e. The number of rotatable bonds is 1. The zero-order valence-electron chi connectivity index (χ0n) is 13.2. The van der Waals surface area contributed by atoms with E-state index >= 15 is 0 Å². The van der Waals surface area contributed by atoms with E-state index in [1.54, 1.807) is 31.3 Å². The summed E-state index contributed by atoms with van der Waals surface area (Å²) in [7, 11) is 1.67. The normalized spacial score (nSPS) is 16.7. The average Bonchev–Trinajstić information content (AvgIpc) is 2.82. The van der Waals surface area contributed by atoms with Gasteiger partial charge in [-0.2, -0.15) is 0 Å². The average molecular weight is 340 g/mol. The highest BCUT2D eigenvalue weighted by atomic mass is 35.5. The summed E-state index contributed by atoms with van der Waals surface area (Å²) in [5.41, 5.74) is 2.46. The number of carbonyl (C=O) groups is 1. The minimum atomic E-state index is -0.467. The first-order chi connectivity index (χ1) is 11.5. The lowest BCUT2D eigenvalue weighted by atomic mass is 9.98. The summed E-state index contributed by atoms with van der Waals surface area (Å²) in [6, 6.07) is 12.1. The van der Waals surface area contributed by atoms with Gasteiger partial charge in [0.2, 0.25) is 5.76 Å². The minimum Gasteiger partial charge on any atom is -0.450 e. The topological polar surface area (TPSA) is 50.5 Å². The van der Waals surface area contributed by atoms with Gasteiger partial charge >= 0.3 is 0 Å². The van der Waals surface area contributed by atoms with Gasteiger partial charge in [-0.05, 0) is 36.8 Å². The zero-order chi connectivity index (χ0) is 17.0. The highest BCUT2D eigenvalue weighted by Gasteiger charge is 2.40. The Kier molecular flexibility index (Phi) is 3.25. The quantitative estimate of drug-likeness (QED) is 0.675. The summed E-state index contributed by atoms with van der Waals surface area (Å²) in [6.45, 7) is 1.92. The Bertz CT molecular complexity index is 1040. The molecule has 5 heteroatoms.